The largest absolute Gasteiger partial charge is 0.507 e. The molecule has 1 saturated carbocycles. The lowest BCUT2D eigenvalue weighted by molar-refractivity contribution is 0.148. The summed E-state index contributed by atoms with van der Waals surface area (Å²) < 4.78 is 14.8. The number of rotatable bonds is 4. The van der Waals surface area contributed by atoms with Crippen LogP contribution in [0.4, 0.5) is 10.2 Å². The Morgan fingerprint density at radius 3 is 2.69 bits per heavy atom. The van der Waals surface area contributed by atoms with Gasteiger partial charge in [-0.25, -0.2) is 14.4 Å². The van der Waals surface area contributed by atoms with Crippen molar-refractivity contribution in [3.63, 3.8) is 0 Å². The van der Waals surface area contributed by atoms with Crippen molar-refractivity contribution in [2.24, 2.45) is 7.05 Å². The molecule has 6 rings (SSSR count). The highest BCUT2D eigenvalue weighted by molar-refractivity contribution is 5.88. The van der Waals surface area contributed by atoms with Gasteiger partial charge in [0.1, 0.15) is 17.7 Å². The maximum atomic E-state index is 13.1. The Kier molecular flexibility index (Phi) is 4.50. The van der Waals surface area contributed by atoms with E-state index in [1.165, 1.54) is 0 Å². The average Bonchev–Trinajstić information content (AvgIpc) is 3.36. The molecule has 3 aromatic heterocycles. The third kappa shape index (κ3) is 3.44. The third-order valence-electron chi connectivity index (χ3n) is 6.60. The molecule has 164 valence electrons. The van der Waals surface area contributed by atoms with E-state index in [1.807, 2.05) is 43.6 Å². The summed E-state index contributed by atoms with van der Waals surface area (Å²) >= 11 is 0. The maximum Gasteiger partial charge on any atom is 0.129 e. The fraction of sp³-hybridized carbons (Fsp3) is 0.375. The highest BCUT2D eigenvalue weighted by atomic mass is 19.1. The molecule has 0 unspecified atom stereocenters. The smallest absolute Gasteiger partial charge is 0.129 e. The van der Waals surface area contributed by atoms with E-state index < -0.39 is 6.17 Å². The van der Waals surface area contributed by atoms with E-state index in [4.69, 9.17) is 9.97 Å². The predicted molar refractivity (Wildman–Crippen MR) is 123 cm³/mol. The summed E-state index contributed by atoms with van der Waals surface area (Å²) in [7, 11) is 1.86. The number of aryl methyl sites for hydroxylation is 1. The van der Waals surface area contributed by atoms with Crippen LogP contribution in [0.2, 0.25) is 0 Å². The van der Waals surface area contributed by atoms with Crippen LogP contribution in [0.1, 0.15) is 19.3 Å². The molecule has 1 aliphatic carbocycles. The van der Waals surface area contributed by atoms with Crippen molar-refractivity contribution in [3.05, 3.63) is 42.6 Å². The van der Waals surface area contributed by atoms with E-state index in [1.54, 1.807) is 10.7 Å². The van der Waals surface area contributed by atoms with Crippen LogP contribution < -0.4 is 10.2 Å². The number of benzene rings is 1. The monoisotopic (exact) mass is 432 g/mol. The molecular weight excluding hydrogens is 407 g/mol. The molecule has 1 saturated heterocycles. The summed E-state index contributed by atoms with van der Waals surface area (Å²) in [4.78, 5) is 11.9. The summed E-state index contributed by atoms with van der Waals surface area (Å²) in [6.45, 7) is 1.82. The number of nitrogens with one attached hydrogen (secondary N) is 1. The van der Waals surface area contributed by atoms with E-state index in [0.717, 1.165) is 47.3 Å². The highest BCUT2D eigenvalue weighted by Gasteiger charge is 2.33. The number of aromatic hydroxyl groups is 1. The Hall–Kier alpha value is -3.26. The minimum absolute atomic E-state index is 0.161. The van der Waals surface area contributed by atoms with Gasteiger partial charge in [-0.3, -0.25) is 4.68 Å². The lowest BCUT2D eigenvalue weighted by atomic mass is 9.90. The number of pyridine rings is 2. The van der Waals surface area contributed by atoms with Crippen LogP contribution in [0, 0.1) is 0 Å². The molecule has 7 nitrogen and oxygen atoms in total. The van der Waals surface area contributed by atoms with Gasteiger partial charge in [0.25, 0.3) is 0 Å². The molecule has 1 atom stereocenters. The summed E-state index contributed by atoms with van der Waals surface area (Å²) in [5, 5.41) is 19.4. The van der Waals surface area contributed by atoms with Crippen molar-refractivity contribution >= 4 is 27.8 Å². The zero-order valence-electron chi connectivity index (χ0n) is 17.9. The van der Waals surface area contributed by atoms with E-state index in [0.29, 0.717) is 36.2 Å². The van der Waals surface area contributed by atoms with Crippen LogP contribution in [-0.2, 0) is 7.05 Å². The molecule has 4 aromatic rings. The van der Waals surface area contributed by atoms with E-state index >= 15 is 0 Å². The number of nitrogens with zero attached hydrogens (tertiary/aromatic N) is 5. The molecule has 0 radical (unpaired) electrons. The molecule has 8 heteroatoms. The van der Waals surface area contributed by atoms with Crippen molar-refractivity contribution in [2.45, 2.75) is 37.5 Å². The number of hydrogen-bond donors (Lipinski definition) is 2. The minimum atomic E-state index is -0.627. The Bertz CT molecular complexity index is 1310. The van der Waals surface area contributed by atoms with Gasteiger partial charge >= 0.3 is 0 Å². The second-order valence-electron chi connectivity index (χ2n) is 9.00. The van der Waals surface area contributed by atoms with E-state index in [2.05, 4.69) is 15.3 Å². The van der Waals surface area contributed by atoms with Crippen molar-refractivity contribution in [3.8, 4) is 17.0 Å². The Morgan fingerprint density at radius 2 is 1.84 bits per heavy atom. The van der Waals surface area contributed by atoms with Crippen LogP contribution in [0.3, 0.4) is 0 Å². The van der Waals surface area contributed by atoms with Crippen LogP contribution >= 0.6 is 0 Å². The Balaban J connectivity index is 1.24. The van der Waals surface area contributed by atoms with E-state index in [-0.39, 0.29) is 5.75 Å². The molecular formula is C24H25FN6O. The van der Waals surface area contributed by atoms with Crippen LogP contribution in [-0.4, -0.2) is 56.2 Å². The Morgan fingerprint density at radius 1 is 1.03 bits per heavy atom. The number of phenolic OH excluding ortho intramolecular Hbond substituents is 1. The quantitative estimate of drug-likeness (QED) is 0.513. The first kappa shape index (κ1) is 19.4. The standard InChI is InChI=1S/C24H25FN6O/c1-30-12-14-8-18(23(32)11-22(14)29-30)19-2-3-21-20(27-19)4-5-24(28-21)31-7-6-16(13-31)26-17-9-15(25)10-17/h2-5,8,11-12,15-17,26,32H,6-7,9-10,13H2,1H3/t15-,16-,17-/m0/s1. The number of phenols is 1. The van der Waals surface area contributed by atoms with Crippen molar-refractivity contribution in [1.82, 2.24) is 25.1 Å². The number of alkyl halides is 1. The third-order valence-corrected chi connectivity index (χ3v) is 6.60. The number of hydrogen-bond acceptors (Lipinski definition) is 6. The van der Waals surface area contributed by atoms with Gasteiger partial charge in [-0.2, -0.15) is 5.10 Å². The molecule has 2 fully saturated rings. The summed E-state index contributed by atoms with van der Waals surface area (Å²) in [5.74, 6) is 1.10. The second kappa shape index (κ2) is 7.41. The van der Waals surface area contributed by atoms with Crippen molar-refractivity contribution in [2.75, 3.05) is 18.0 Å². The second-order valence-corrected chi connectivity index (χ2v) is 9.00. The van der Waals surface area contributed by atoms with Gasteiger partial charge in [-0.05, 0) is 49.6 Å². The van der Waals surface area contributed by atoms with Gasteiger partial charge in [0, 0.05) is 55.4 Å². The molecule has 1 aliphatic heterocycles. The van der Waals surface area contributed by atoms with Crippen LogP contribution in [0.25, 0.3) is 33.2 Å². The van der Waals surface area contributed by atoms with Gasteiger partial charge in [-0.1, -0.05) is 0 Å². The predicted octanol–water partition coefficient (Wildman–Crippen LogP) is 3.56. The Labute approximate surface area is 184 Å². The zero-order chi connectivity index (χ0) is 21.8. The maximum absolute atomic E-state index is 13.1. The molecule has 0 amide bonds. The average molecular weight is 433 g/mol. The van der Waals surface area contributed by atoms with Crippen LogP contribution in [0.5, 0.6) is 5.75 Å². The molecule has 2 aliphatic rings. The molecule has 4 heterocycles. The fourth-order valence-electron chi connectivity index (χ4n) is 4.84. The molecule has 2 N–H and O–H groups in total. The number of aromatic nitrogens is 4. The summed E-state index contributed by atoms with van der Waals surface area (Å²) in [6, 6.07) is 12.1. The first-order valence-electron chi connectivity index (χ1n) is 11.1. The van der Waals surface area contributed by atoms with Gasteiger partial charge in [0.2, 0.25) is 0 Å². The van der Waals surface area contributed by atoms with Gasteiger partial charge in [-0.15, -0.1) is 0 Å². The first-order valence-corrected chi connectivity index (χ1v) is 11.1. The van der Waals surface area contributed by atoms with Crippen molar-refractivity contribution in [1.29, 1.82) is 0 Å². The topological polar surface area (TPSA) is 79.1 Å². The van der Waals surface area contributed by atoms with E-state index in [9.17, 15) is 9.50 Å². The molecule has 0 spiro atoms. The lowest BCUT2D eigenvalue weighted by Crippen LogP contribution is -2.48. The molecule has 0 bridgehead atoms. The normalized spacial score (nSPS) is 23.2. The fourth-order valence-corrected chi connectivity index (χ4v) is 4.84. The lowest BCUT2D eigenvalue weighted by Gasteiger charge is -2.33. The summed E-state index contributed by atoms with van der Waals surface area (Å²) in [5.41, 5.74) is 3.74. The SMILES string of the molecule is Cn1cc2cc(-c3ccc4nc(N5CC[C@H](N[C@H]6C[C@H](F)C6)C5)ccc4n3)c(O)cc2n1. The van der Waals surface area contributed by atoms with Gasteiger partial charge in [0.15, 0.2) is 0 Å². The van der Waals surface area contributed by atoms with Crippen LogP contribution in [0.15, 0.2) is 42.6 Å². The highest BCUT2D eigenvalue weighted by Crippen LogP contribution is 2.33. The number of anilines is 1. The number of halogens is 1. The minimum Gasteiger partial charge on any atom is -0.507 e. The molecule has 1 aromatic carbocycles. The van der Waals surface area contributed by atoms with Crippen molar-refractivity contribution < 1.29 is 9.50 Å². The number of fused-ring (bicyclic) bond motifs is 2. The molecule has 32 heavy (non-hydrogen) atoms. The zero-order valence-corrected chi connectivity index (χ0v) is 17.9. The van der Waals surface area contributed by atoms with Gasteiger partial charge in [0.05, 0.1) is 22.2 Å². The van der Waals surface area contributed by atoms with Gasteiger partial charge < -0.3 is 15.3 Å². The first-order chi connectivity index (χ1) is 15.5. The summed E-state index contributed by atoms with van der Waals surface area (Å²) in [6.07, 6.45) is 3.62.